The van der Waals surface area contributed by atoms with Gasteiger partial charge in [-0.25, -0.2) is 19.9 Å². The molecule has 0 aliphatic carbocycles. The molecule has 1 aliphatic rings. The summed E-state index contributed by atoms with van der Waals surface area (Å²) in [6, 6.07) is 5.28. The molecule has 39 heavy (non-hydrogen) atoms. The van der Waals surface area contributed by atoms with Gasteiger partial charge in [0.05, 0.1) is 28.7 Å². The van der Waals surface area contributed by atoms with Gasteiger partial charge in [-0.15, -0.1) is 0 Å². The number of amidine groups is 1. The fraction of sp³-hybridized carbons (Fsp3) is 0.370. The van der Waals surface area contributed by atoms with E-state index in [0.29, 0.717) is 53.3 Å². The van der Waals surface area contributed by atoms with Crippen LogP contribution < -0.4 is 26.0 Å². The summed E-state index contributed by atoms with van der Waals surface area (Å²) in [7, 11) is 5.24. The Labute approximate surface area is 233 Å². The van der Waals surface area contributed by atoms with Crippen molar-refractivity contribution in [1.82, 2.24) is 30.6 Å². The normalized spacial score (nSPS) is 14.6. The molecule has 3 aromatic rings. The van der Waals surface area contributed by atoms with Crippen LogP contribution in [0.4, 0.5) is 5.82 Å². The number of nitrogens with zero attached hydrogens (tertiary/aromatic N) is 6. The Morgan fingerprint density at radius 2 is 2.08 bits per heavy atom. The zero-order chi connectivity index (χ0) is 28.1. The van der Waals surface area contributed by atoms with E-state index in [4.69, 9.17) is 32.0 Å². The van der Waals surface area contributed by atoms with E-state index in [1.54, 1.807) is 38.6 Å². The highest BCUT2D eigenvalue weighted by Gasteiger charge is 2.27. The fourth-order valence-electron chi connectivity index (χ4n) is 4.46. The molecular weight excluding hydrogens is 518 g/mol. The van der Waals surface area contributed by atoms with Gasteiger partial charge in [0.15, 0.2) is 5.82 Å². The number of rotatable bonds is 10. The summed E-state index contributed by atoms with van der Waals surface area (Å²) >= 11 is 6.68. The minimum absolute atomic E-state index is 0.127. The molecule has 0 radical (unpaired) electrons. The van der Waals surface area contributed by atoms with Gasteiger partial charge in [0.25, 0.3) is 0 Å². The average Bonchev–Trinajstić information content (AvgIpc) is 3.37. The van der Waals surface area contributed by atoms with Crippen molar-refractivity contribution in [3.8, 4) is 17.1 Å². The first kappa shape index (κ1) is 28.2. The fourth-order valence-corrected chi connectivity index (χ4v) is 4.66. The van der Waals surface area contributed by atoms with Gasteiger partial charge in [0.2, 0.25) is 0 Å². The quantitative estimate of drug-likeness (QED) is 0.218. The molecule has 0 saturated heterocycles. The highest BCUT2D eigenvalue weighted by Crippen LogP contribution is 2.36. The van der Waals surface area contributed by atoms with E-state index in [0.717, 1.165) is 33.9 Å². The number of aliphatic hydroxyl groups is 1. The predicted octanol–water partition coefficient (Wildman–Crippen LogP) is 2.31. The van der Waals surface area contributed by atoms with Crippen LogP contribution in [0, 0.1) is 6.92 Å². The summed E-state index contributed by atoms with van der Waals surface area (Å²) < 4.78 is 5.83. The molecule has 5 N–H and O–H groups in total. The van der Waals surface area contributed by atoms with Crippen molar-refractivity contribution in [2.24, 2.45) is 10.7 Å². The molecule has 11 nitrogen and oxygen atoms in total. The second-order valence-electron chi connectivity index (χ2n) is 9.22. The molecule has 0 amide bonds. The standard InChI is InChI=1S/C27H34ClN9O2/c1-15(25(29)32-5)23(31-4)24-16(2)27(37-11-17-9-33-14-34-22(17)12-37)36-26(35-24)20-8-19(6-7-21(20)28)39-13-18(38)10-30-3/h6-9,14,18,30-31,38H,10-13H2,1-5H3,(H2,29,32)/b23-15-/t18-/m1/s1. The molecule has 0 saturated carbocycles. The number of aliphatic imine (C=N–C) groups is 1. The van der Waals surface area contributed by atoms with Crippen molar-refractivity contribution < 1.29 is 9.84 Å². The largest absolute Gasteiger partial charge is 0.491 e. The SMILES string of the molecule is CN=C(N)/C(C)=C(\NC)c1nc(-c2cc(OC[C@H](O)CNC)ccc2Cl)nc(N2Cc3cncnc3C2)c1C. The number of anilines is 1. The maximum Gasteiger partial charge on any atom is 0.163 e. The van der Waals surface area contributed by atoms with Gasteiger partial charge < -0.3 is 31.1 Å². The van der Waals surface area contributed by atoms with Gasteiger partial charge in [-0.2, -0.15) is 0 Å². The second-order valence-corrected chi connectivity index (χ2v) is 9.63. The number of aliphatic hydroxyl groups excluding tert-OH is 1. The van der Waals surface area contributed by atoms with Crippen LogP contribution in [0.3, 0.4) is 0 Å². The third kappa shape index (κ3) is 6.11. The van der Waals surface area contributed by atoms with E-state index in [2.05, 4.69) is 30.5 Å². The molecule has 0 fully saturated rings. The summed E-state index contributed by atoms with van der Waals surface area (Å²) in [6.45, 7) is 5.63. The summed E-state index contributed by atoms with van der Waals surface area (Å²) in [5.74, 6) is 2.11. The number of aromatic nitrogens is 4. The van der Waals surface area contributed by atoms with Crippen LogP contribution in [0.2, 0.25) is 5.02 Å². The van der Waals surface area contributed by atoms with Crippen LogP contribution in [0.15, 0.2) is 41.3 Å². The molecule has 0 bridgehead atoms. The number of fused-ring (bicyclic) bond motifs is 1. The van der Waals surface area contributed by atoms with E-state index >= 15 is 0 Å². The van der Waals surface area contributed by atoms with E-state index in [-0.39, 0.29) is 6.61 Å². The van der Waals surface area contributed by atoms with Crippen LogP contribution in [-0.4, -0.2) is 71.3 Å². The molecule has 0 spiro atoms. The Hall–Kier alpha value is -3.80. The van der Waals surface area contributed by atoms with Gasteiger partial charge in [-0.1, -0.05) is 11.6 Å². The van der Waals surface area contributed by atoms with E-state index in [1.165, 1.54) is 0 Å². The minimum Gasteiger partial charge on any atom is -0.491 e. The van der Waals surface area contributed by atoms with E-state index < -0.39 is 6.10 Å². The van der Waals surface area contributed by atoms with E-state index in [9.17, 15) is 5.11 Å². The van der Waals surface area contributed by atoms with Crippen LogP contribution in [0.5, 0.6) is 5.75 Å². The van der Waals surface area contributed by atoms with Gasteiger partial charge in [-0.05, 0) is 39.1 Å². The maximum absolute atomic E-state index is 10.1. The molecule has 206 valence electrons. The Morgan fingerprint density at radius 3 is 2.77 bits per heavy atom. The highest BCUT2D eigenvalue weighted by atomic mass is 35.5. The number of ether oxygens (including phenoxy) is 1. The molecule has 1 aromatic carbocycles. The monoisotopic (exact) mass is 551 g/mol. The molecular formula is C27H34ClN9O2. The van der Waals surface area contributed by atoms with Crippen LogP contribution >= 0.6 is 11.6 Å². The highest BCUT2D eigenvalue weighted by molar-refractivity contribution is 6.33. The summed E-state index contributed by atoms with van der Waals surface area (Å²) in [5, 5.41) is 16.7. The molecule has 0 unspecified atom stereocenters. The van der Waals surface area contributed by atoms with Crippen LogP contribution in [0.25, 0.3) is 17.1 Å². The summed E-state index contributed by atoms with van der Waals surface area (Å²) in [6.07, 6.45) is 2.74. The third-order valence-corrected chi connectivity index (χ3v) is 6.88. The van der Waals surface area contributed by atoms with Gasteiger partial charge >= 0.3 is 0 Å². The first-order valence-electron chi connectivity index (χ1n) is 12.6. The first-order chi connectivity index (χ1) is 18.8. The molecule has 4 rings (SSSR count). The molecule has 3 heterocycles. The minimum atomic E-state index is -0.653. The maximum atomic E-state index is 10.1. The number of nitrogens with two attached hydrogens (primary N) is 1. The van der Waals surface area contributed by atoms with Crippen molar-refractivity contribution in [2.75, 3.05) is 39.2 Å². The smallest absolute Gasteiger partial charge is 0.163 e. The lowest BCUT2D eigenvalue weighted by Gasteiger charge is -2.23. The summed E-state index contributed by atoms with van der Waals surface area (Å²) in [5.41, 5.74) is 11.8. The number of nitrogens with one attached hydrogen (secondary N) is 2. The Balaban J connectivity index is 1.85. The van der Waals surface area contributed by atoms with Crippen LogP contribution in [0.1, 0.15) is 29.4 Å². The topological polar surface area (TPSA) is 147 Å². The molecule has 1 atom stereocenters. The van der Waals surface area contributed by atoms with Crippen LogP contribution in [-0.2, 0) is 13.1 Å². The Bertz CT molecular complexity index is 1390. The number of benzene rings is 1. The van der Waals surface area contributed by atoms with Crippen molar-refractivity contribution in [2.45, 2.75) is 33.0 Å². The molecule has 2 aromatic heterocycles. The lowest BCUT2D eigenvalue weighted by molar-refractivity contribution is 0.108. The zero-order valence-electron chi connectivity index (χ0n) is 22.8. The number of hydrogen-bond acceptors (Lipinski definition) is 10. The van der Waals surface area contributed by atoms with Crippen molar-refractivity contribution >= 4 is 29.0 Å². The van der Waals surface area contributed by atoms with Gasteiger partial charge in [0, 0.05) is 55.6 Å². The lowest BCUT2D eigenvalue weighted by Crippen LogP contribution is -2.29. The number of likely N-dealkylation sites (N-methyl/N-ethyl adjacent to an activating group) is 1. The zero-order valence-corrected chi connectivity index (χ0v) is 23.5. The molecule has 12 heteroatoms. The molecule has 1 aliphatic heterocycles. The number of hydrogen-bond donors (Lipinski definition) is 4. The average molecular weight is 552 g/mol. The Morgan fingerprint density at radius 1 is 1.28 bits per heavy atom. The van der Waals surface area contributed by atoms with Crippen molar-refractivity contribution in [1.29, 1.82) is 0 Å². The predicted molar refractivity (Wildman–Crippen MR) is 154 cm³/mol. The second kappa shape index (κ2) is 12.4. The first-order valence-corrected chi connectivity index (χ1v) is 12.9. The van der Waals surface area contributed by atoms with Crippen molar-refractivity contribution in [3.63, 3.8) is 0 Å². The summed E-state index contributed by atoms with van der Waals surface area (Å²) in [4.78, 5) is 24.9. The van der Waals surface area contributed by atoms with E-state index in [1.807, 2.05) is 27.1 Å². The van der Waals surface area contributed by atoms with Gasteiger partial charge in [0.1, 0.15) is 36.4 Å². The lowest BCUT2D eigenvalue weighted by atomic mass is 10.1. The number of halogens is 1. The third-order valence-electron chi connectivity index (χ3n) is 6.55. The Kier molecular flexibility index (Phi) is 8.95. The van der Waals surface area contributed by atoms with Gasteiger partial charge in [-0.3, -0.25) is 4.99 Å². The van der Waals surface area contributed by atoms with Crippen molar-refractivity contribution in [3.05, 3.63) is 63.8 Å².